The van der Waals surface area contributed by atoms with Crippen LogP contribution >= 0.6 is 0 Å². The average Bonchev–Trinajstić information content (AvgIpc) is 3.19. The molecule has 0 fully saturated rings. The highest BCUT2D eigenvalue weighted by atomic mass is 16.1. The molecule has 0 bridgehead atoms. The van der Waals surface area contributed by atoms with Crippen molar-refractivity contribution >= 4 is 28.3 Å². The van der Waals surface area contributed by atoms with E-state index in [0.29, 0.717) is 5.56 Å². The minimum absolute atomic E-state index is 0.138. The Labute approximate surface area is 198 Å². The number of pyridine rings is 2. The molecule has 0 saturated heterocycles. The molecule has 0 unspecified atom stereocenters. The molecule has 0 radical (unpaired) electrons. The van der Waals surface area contributed by atoms with Gasteiger partial charge in [0.2, 0.25) is 0 Å². The van der Waals surface area contributed by atoms with Gasteiger partial charge in [-0.2, -0.15) is 0 Å². The number of nitrogens with zero attached hydrogens (tertiary/aromatic N) is 2. The Morgan fingerprint density at radius 3 is 2.35 bits per heavy atom. The molecule has 6 heteroatoms. The first-order valence-electron chi connectivity index (χ1n) is 11.2. The summed E-state index contributed by atoms with van der Waals surface area (Å²) in [6.45, 7) is 4.05. The van der Waals surface area contributed by atoms with Crippen LogP contribution in [0.4, 0.5) is 11.5 Å². The van der Waals surface area contributed by atoms with E-state index in [1.807, 2.05) is 85.8 Å². The molecule has 1 amide bonds. The minimum Gasteiger partial charge on any atom is -0.358 e. The topological polar surface area (TPSA) is 82.7 Å². The molecule has 6 nitrogen and oxygen atoms in total. The molecular weight excluding hydrogens is 422 g/mol. The number of aromatic nitrogens is 3. The summed E-state index contributed by atoms with van der Waals surface area (Å²) >= 11 is 0. The van der Waals surface area contributed by atoms with Crippen LogP contribution in [0.2, 0.25) is 0 Å². The van der Waals surface area contributed by atoms with Crippen LogP contribution in [0, 0.1) is 13.8 Å². The molecule has 3 heterocycles. The quantitative estimate of drug-likeness (QED) is 0.297. The van der Waals surface area contributed by atoms with Crippen LogP contribution < -0.4 is 10.6 Å². The van der Waals surface area contributed by atoms with E-state index in [0.717, 1.165) is 44.9 Å². The van der Waals surface area contributed by atoms with Gasteiger partial charge in [-0.1, -0.05) is 29.8 Å². The van der Waals surface area contributed by atoms with Crippen molar-refractivity contribution in [1.29, 1.82) is 0 Å². The zero-order chi connectivity index (χ0) is 23.5. The molecule has 0 aliphatic heterocycles. The highest BCUT2D eigenvalue weighted by Crippen LogP contribution is 2.34. The first-order valence-corrected chi connectivity index (χ1v) is 11.2. The van der Waals surface area contributed by atoms with E-state index >= 15 is 0 Å². The number of H-pyrrole nitrogens is 1. The lowest BCUT2D eigenvalue weighted by molar-refractivity contribution is 0.102. The monoisotopic (exact) mass is 447 g/mol. The van der Waals surface area contributed by atoms with Crippen LogP contribution in [0.1, 0.15) is 38.9 Å². The van der Waals surface area contributed by atoms with Crippen LogP contribution in [-0.4, -0.2) is 20.9 Å². The maximum Gasteiger partial charge on any atom is 0.255 e. The minimum atomic E-state index is -0.229. The van der Waals surface area contributed by atoms with Crippen molar-refractivity contribution in [2.75, 3.05) is 10.6 Å². The number of fused-ring (bicyclic) bond motifs is 1. The number of nitrogens with one attached hydrogen (secondary N) is 3. The third-order valence-corrected chi connectivity index (χ3v) is 5.84. The number of carbonyl (C=O) groups is 1. The van der Waals surface area contributed by atoms with Crippen LogP contribution in [-0.2, 0) is 0 Å². The van der Waals surface area contributed by atoms with E-state index < -0.39 is 0 Å². The lowest BCUT2D eigenvalue weighted by atomic mass is 9.99. The van der Waals surface area contributed by atoms with Crippen LogP contribution in [0.5, 0.6) is 0 Å². The van der Waals surface area contributed by atoms with Gasteiger partial charge in [0.05, 0.1) is 11.7 Å². The number of carbonyl (C=O) groups excluding carboxylic acids is 1. The van der Waals surface area contributed by atoms with Crippen molar-refractivity contribution in [3.8, 4) is 0 Å². The number of aryl methyl sites for hydroxylation is 2. The van der Waals surface area contributed by atoms with E-state index in [4.69, 9.17) is 0 Å². The maximum absolute atomic E-state index is 12.8. The van der Waals surface area contributed by atoms with Crippen molar-refractivity contribution in [3.63, 3.8) is 0 Å². The molecule has 2 aromatic carbocycles. The molecule has 0 aliphatic carbocycles. The summed E-state index contributed by atoms with van der Waals surface area (Å²) in [5.41, 5.74) is 6.43. The Morgan fingerprint density at radius 1 is 0.882 bits per heavy atom. The molecule has 34 heavy (non-hydrogen) atoms. The highest BCUT2D eigenvalue weighted by Gasteiger charge is 2.23. The molecule has 5 aromatic rings. The zero-order valence-electron chi connectivity index (χ0n) is 19.0. The molecule has 0 saturated carbocycles. The smallest absolute Gasteiger partial charge is 0.255 e. The fraction of sp³-hybridized carbons (Fsp3) is 0.107. The first kappa shape index (κ1) is 21.4. The summed E-state index contributed by atoms with van der Waals surface area (Å²) in [7, 11) is 0. The van der Waals surface area contributed by atoms with Crippen molar-refractivity contribution in [2.45, 2.75) is 19.9 Å². The lowest BCUT2D eigenvalue weighted by Crippen LogP contribution is -2.15. The number of hydrogen-bond acceptors (Lipinski definition) is 4. The Balaban J connectivity index is 1.55. The standard InChI is InChI=1S/C28H25N5O/c1-18-9-11-20(12-10-18)28(34)32-21-13-14-23-22(17-21)26(19(2)31-23)27(24-7-3-5-15-29-24)33-25-8-4-6-16-30-25/h3-17,27,31H,1-2H3,(H,30,33)(H,32,34)/t27-/m0/s1. The lowest BCUT2D eigenvalue weighted by Gasteiger charge is -2.20. The van der Waals surface area contributed by atoms with Gasteiger partial charge in [-0.25, -0.2) is 4.98 Å². The van der Waals surface area contributed by atoms with Gasteiger partial charge in [-0.15, -0.1) is 0 Å². The predicted molar refractivity (Wildman–Crippen MR) is 136 cm³/mol. The van der Waals surface area contributed by atoms with Gasteiger partial charge < -0.3 is 15.6 Å². The number of anilines is 2. The first-order chi connectivity index (χ1) is 16.6. The van der Waals surface area contributed by atoms with Crippen LogP contribution in [0.15, 0.2) is 91.3 Å². The highest BCUT2D eigenvalue weighted by molar-refractivity contribution is 6.05. The van der Waals surface area contributed by atoms with Gasteiger partial charge in [-0.3, -0.25) is 9.78 Å². The third kappa shape index (κ3) is 4.38. The van der Waals surface area contributed by atoms with Crippen molar-refractivity contribution < 1.29 is 4.79 Å². The Kier molecular flexibility index (Phi) is 5.79. The van der Waals surface area contributed by atoms with Gasteiger partial charge >= 0.3 is 0 Å². The van der Waals surface area contributed by atoms with Gasteiger partial charge in [0, 0.05) is 45.8 Å². The molecule has 5 rings (SSSR count). The Bertz CT molecular complexity index is 1430. The average molecular weight is 448 g/mol. The van der Waals surface area contributed by atoms with Crippen molar-refractivity contribution in [2.24, 2.45) is 0 Å². The number of amides is 1. The Morgan fingerprint density at radius 2 is 1.65 bits per heavy atom. The van der Waals surface area contributed by atoms with E-state index in [2.05, 4.69) is 32.5 Å². The summed E-state index contributed by atoms with van der Waals surface area (Å²) in [6.07, 6.45) is 3.55. The molecule has 3 aromatic heterocycles. The summed E-state index contributed by atoms with van der Waals surface area (Å²) < 4.78 is 0. The Hall–Kier alpha value is -4.45. The van der Waals surface area contributed by atoms with E-state index in [9.17, 15) is 4.79 Å². The summed E-state index contributed by atoms with van der Waals surface area (Å²) in [5, 5.41) is 7.59. The molecule has 168 valence electrons. The maximum atomic E-state index is 12.8. The van der Waals surface area contributed by atoms with Crippen molar-refractivity contribution in [1.82, 2.24) is 15.0 Å². The number of hydrogen-bond donors (Lipinski definition) is 3. The molecular formula is C28H25N5O. The molecule has 0 spiro atoms. The zero-order valence-corrected chi connectivity index (χ0v) is 19.0. The summed E-state index contributed by atoms with van der Waals surface area (Å²) in [6, 6.07) is 24.9. The van der Waals surface area contributed by atoms with Gasteiger partial charge in [0.15, 0.2) is 0 Å². The van der Waals surface area contributed by atoms with E-state index in [1.54, 1.807) is 12.4 Å². The third-order valence-electron chi connectivity index (χ3n) is 5.84. The summed E-state index contributed by atoms with van der Waals surface area (Å²) in [4.78, 5) is 25.4. The molecule has 1 atom stereocenters. The summed E-state index contributed by atoms with van der Waals surface area (Å²) in [5.74, 6) is 0.622. The van der Waals surface area contributed by atoms with E-state index in [-0.39, 0.29) is 11.9 Å². The van der Waals surface area contributed by atoms with Crippen molar-refractivity contribution in [3.05, 3.63) is 119 Å². The fourth-order valence-electron chi connectivity index (χ4n) is 4.14. The van der Waals surface area contributed by atoms with Gasteiger partial charge in [-0.05, 0) is 68.4 Å². The fourth-order valence-corrected chi connectivity index (χ4v) is 4.14. The molecule has 3 N–H and O–H groups in total. The normalized spacial score (nSPS) is 11.8. The predicted octanol–water partition coefficient (Wildman–Crippen LogP) is 6.03. The van der Waals surface area contributed by atoms with Crippen LogP contribution in [0.3, 0.4) is 0 Å². The second kappa shape index (κ2) is 9.19. The number of rotatable bonds is 6. The second-order valence-corrected chi connectivity index (χ2v) is 8.29. The SMILES string of the molecule is Cc1ccc(C(=O)Nc2ccc3[nH]c(C)c([C@@H](Nc4ccccn4)c4ccccn4)c3c2)cc1. The second-order valence-electron chi connectivity index (χ2n) is 8.29. The van der Waals surface area contributed by atoms with E-state index in [1.165, 1.54) is 0 Å². The number of benzene rings is 2. The number of aromatic amines is 1. The van der Waals surface area contributed by atoms with Gasteiger partial charge in [0.25, 0.3) is 5.91 Å². The van der Waals surface area contributed by atoms with Crippen LogP contribution in [0.25, 0.3) is 10.9 Å². The van der Waals surface area contributed by atoms with Gasteiger partial charge in [0.1, 0.15) is 5.82 Å². The largest absolute Gasteiger partial charge is 0.358 e. The molecule has 0 aliphatic rings.